The third-order valence-corrected chi connectivity index (χ3v) is 3.93. The molecule has 0 fully saturated rings. The van der Waals surface area contributed by atoms with Crippen molar-refractivity contribution in [2.75, 3.05) is 11.8 Å². The summed E-state index contributed by atoms with van der Waals surface area (Å²) in [6.45, 7) is 0. The second-order valence-corrected chi connectivity index (χ2v) is 5.80. The van der Waals surface area contributed by atoms with Gasteiger partial charge in [0.25, 0.3) is 10.0 Å². The van der Waals surface area contributed by atoms with E-state index in [0.717, 1.165) is 0 Å². The van der Waals surface area contributed by atoms with Gasteiger partial charge < -0.3 is 4.74 Å². The molecule has 20 heavy (non-hydrogen) atoms. The van der Waals surface area contributed by atoms with Crippen molar-refractivity contribution in [2.45, 2.75) is 5.03 Å². The molecule has 0 amide bonds. The van der Waals surface area contributed by atoms with Crippen molar-refractivity contribution in [3.05, 3.63) is 41.0 Å². The van der Waals surface area contributed by atoms with Gasteiger partial charge in [-0.1, -0.05) is 11.6 Å². The zero-order valence-electron chi connectivity index (χ0n) is 10.3. The number of nitrogens with one attached hydrogen (secondary N) is 2. The monoisotopic (exact) mass is 315 g/mol. The van der Waals surface area contributed by atoms with Crippen molar-refractivity contribution in [3.8, 4) is 0 Å². The van der Waals surface area contributed by atoms with Crippen molar-refractivity contribution in [3.63, 3.8) is 0 Å². The van der Waals surface area contributed by atoms with E-state index in [4.69, 9.17) is 11.6 Å². The van der Waals surface area contributed by atoms with Crippen molar-refractivity contribution in [2.24, 2.45) is 0 Å². The van der Waals surface area contributed by atoms with Gasteiger partial charge in [-0.3, -0.25) is 9.82 Å². The molecule has 0 atom stereocenters. The fourth-order valence-corrected chi connectivity index (χ4v) is 2.63. The van der Waals surface area contributed by atoms with E-state index in [-0.39, 0.29) is 21.3 Å². The lowest BCUT2D eigenvalue weighted by Gasteiger charge is -2.10. The minimum Gasteiger partial charge on any atom is -0.465 e. The molecule has 0 saturated carbocycles. The molecule has 2 N–H and O–H groups in total. The number of esters is 1. The summed E-state index contributed by atoms with van der Waals surface area (Å²) in [5, 5.41) is 6.03. The molecular weight excluding hydrogens is 306 g/mol. The number of carbonyl (C=O) groups excluding carboxylic acids is 1. The molecule has 0 aliphatic heterocycles. The average Bonchev–Trinajstić information content (AvgIpc) is 2.92. The van der Waals surface area contributed by atoms with E-state index in [2.05, 4.69) is 19.7 Å². The maximum absolute atomic E-state index is 12.1. The maximum Gasteiger partial charge on any atom is 0.339 e. The zero-order chi connectivity index (χ0) is 14.8. The Morgan fingerprint density at radius 3 is 2.75 bits per heavy atom. The summed E-state index contributed by atoms with van der Waals surface area (Å²) in [5.74, 6) is -0.677. The van der Waals surface area contributed by atoms with Crippen LogP contribution in [0.5, 0.6) is 0 Å². The predicted octanol–water partition coefficient (Wildman–Crippen LogP) is 1.65. The number of H-pyrrole nitrogens is 1. The summed E-state index contributed by atoms with van der Waals surface area (Å²) in [7, 11) is -2.69. The van der Waals surface area contributed by atoms with Crippen molar-refractivity contribution in [1.29, 1.82) is 0 Å². The van der Waals surface area contributed by atoms with Gasteiger partial charge in [-0.2, -0.15) is 13.5 Å². The highest BCUT2D eigenvalue weighted by Gasteiger charge is 2.20. The number of carbonyl (C=O) groups is 1. The first-order valence-corrected chi connectivity index (χ1v) is 7.20. The summed E-state index contributed by atoms with van der Waals surface area (Å²) in [6.07, 6.45) is 1.30. The van der Waals surface area contributed by atoms with Gasteiger partial charge >= 0.3 is 5.97 Å². The Hall–Kier alpha value is -2.06. The van der Waals surface area contributed by atoms with Crippen molar-refractivity contribution < 1.29 is 17.9 Å². The summed E-state index contributed by atoms with van der Waals surface area (Å²) >= 11 is 5.81. The molecule has 0 spiro atoms. The molecule has 1 aromatic carbocycles. The lowest BCUT2D eigenvalue weighted by molar-refractivity contribution is 0.0602. The molecule has 0 aliphatic rings. The molecular formula is C11H10ClN3O4S. The van der Waals surface area contributed by atoms with Gasteiger partial charge in [-0.05, 0) is 24.3 Å². The zero-order valence-corrected chi connectivity index (χ0v) is 11.8. The van der Waals surface area contributed by atoms with Gasteiger partial charge in [0, 0.05) is 5.02 Å². The molecule has 1 heterocycles. The smallest absolute Gasteiger partial charge is 0.339 e. The molecule has 2 rings (SSSR count). The van der Waals surface area contributed by atoms with Crippen molar-refractivity contribution >= 4 is 33.3 Å². The first-order chi connectivity index (χ1) is 9.44. The van der Waals surface area contributed by atoms with Crippen LogP contribution in [0.4, 0.5) is 5.69 Å². The van der Waals surface area contributed by atoms with E-state index in [1.807, 2.05) is 0 Å². The van der Waals surface area contributed by atoms with Crippen LogP contribution in [0.25, 0.3) is 0 Å². The fraction of sp³-hybridized carbons (Fsp3) is 0.0909. The standard InChI is InChI=1S/C11H10ClN3O4S/c1-19-11(16)8-3-2-7(12)6-9(8)15-20(17,18)10-4-5-13-14-10/h2-6,15H,1H3,(H,13,14). The molecule has 0 bridgehead atoms. The van der Waals surface area contributed by atoms with Crippen LogP contribution in [-0.2, 0) is 14.8 Å². The van der Waals surface area contributed by atoms with Crippen LogP contribution >= 0.6 is 11.6 Å². The van der Waals surface area contributed by atoms with E-state index >= 15 is 0 Å². The van der Waals surface area contributed by atoms with E-state index in [9.17, 15) is 13.2 Å². The summed E-state index contributed by atoms with van der Waals surface area (Å²) < 4.78 is 31.0. The van der Waals surface area contributed by atoms with E-state index < -0.39 is 16.0 Å². The van der Waals surface area contributed by atoms with Gasteiger partial charge in [0.2, 0.25) is 0 Å². The second-order valence-electron chi connectivity index (χ2n) is 3.71. The van der Waals surface area contributed by atoms with Crippen LogP contribution in [0.3, 0.4) is 0 Å². The largest absolute Gasteiger partial charge is 0.465 e. The first-order valence-electron chi connectivity index (χ1n) is 5.34. The van der Waals surface area contributed by atoms with Gasteiger partial charge in [0.05, 0.1) is 24.6 Å². The minimum absolute atomic E-state index is 0.0268. The molecule has 0 aliphatic carbocycles. The third kappa shape index (κ3) is 2.91. The van der Waals surface area contributed by atoms with Gasteiger partial charge in [0.1, 0.15) is 0 Å². The number of halogens is 1. The van der Waals surface area contributed by atoms with Crippen LogP contribution < -0.4 is 4.72 Å². The fourth-order valence-electron chi connectivity index (χ4n) is 1.48. The van der Waals surface area contributed by atoms with Gasteiger partial charge in [-0.15, -0.1) is 0 Å². The molecule has 9 heteroatoms. The molecule has 1 aromatic heterocycles. The number of aromatic amines is 1. The Morgan fingerprint density at radius 2 is 2.15 bits per heavy atom. The summed E-state index contributed by atoms with van der Waals surface area (Å²) in [5.41, 5.74) is 0.0824. The van der Waals surface area contributed by atoms with E-state index in [1.54, 1.807) is 0 Å². The summed E-state index contributed by atoms with van der Waals surface area (Å²) in [6, 6.07) is 5.44. The van der Waals surface area contributed by atoms with Crippen molar-refractivity contribution in [1.82, 2.24) is 10.2 Å². The lowest BCUT2D eigenvalue weighted by atomic mass is 10.2. The molecule has 0 radical (unpaired) electrons. The molecule has 2 aromatic rings. The molecule has 0 saturated heterocycles. The Kier molecular flexibility index (Phi) is 3.96. The Balaban J connectivity index is 2.43. The van der Waals surface area contributed by atoms with E-state index in [0.29, 0.717) is 0 Å². The highest BCUT2D eigenvalue weighted by Crippen LogP contribution is 2.24. The van der Waals surface area contributed by atoms with E-state index in [1.165, 1.54) is 37.6 Å². The number of hydrogen-bond acceptors (Lipinski definition) is 5. The highest BCUT2D eigenvalue weighted by atomic mass is 35.5. The number of benzene rings is 1. The number of ether oxygens (including phenoxy) is 1. The number of methoxy groups -OCH3 is 1. The number of rotatable bonds is 4. The van der Waals surface area contributed by atoms with Gasteiger partial charge in [0.15, 0.2) is 5.03 Å². The Labute approximate surface area is 120 Å². The minimum atomic E-state index is -3.89. The number of anilines is 1. The number of sulfonamides is 1. The van der Waals surface area contributed by atoms with Crippen LogP contribution in [-0.4, -0.2) is 31.7 Å². The third-order valence-electron chi connectivity index (χ3n) is 2.40. The quantitative estimate of drug-likeness (QED) is 0.835. The normalized spacial score (nSPS) is 11.1. The second kappa shape index (κ2) is 5.51. The lowest BCUT2D eigenvalue weighted by Crippen LogP contribution is -2.16. The topological polar surface area (TPSA) is 101 Å². The molecule has 7 nitrogen and oxygen atoms in total. The molecule has 106 valence electrons. The number of aromatic nitrogens is 2. The van der Waals surface area contributed by atoms with Crippen LogP contribution in [0.2, 0.25) is 5.02 Å². The van der Waals surface area contributed by atoms with Crippen LogP contribution in [0.1, 0.15) is 10.4 Å². The number of nitrogens with zero attached hydrogens (tertiary/aromatic N) is 1. The Bertz CT molecular complexity index is 728. The molecule has 0 unspecified atom stereocenters. The van der Waals surface area contributed by atoms with Crippen LogP contribution in [0.15, 0.2) is 35.5 Å². The predicted molar refractivity (Wildman–Crippen MR) is 72.2 cm³/mol. The summed E-state index contributed by atoms with van der Waals surface area (Å²) in [4.78, 5) is 11.6. The SMILES string of the molecule is COC(=O)c1ccc(Cl)cc1NS(=O)(=O)c1ccn[nH]1. The number of hydrogen-bond donors (Lipinski definition) is 2. The van der Waals surface area contributed by atoms with Crippen LogP contribution in [0, 0.1) is 0 Å². The highest BCUT2D eigenvalue weighted by molar-refractivity contribution is 7.92. The first kappa shape index (κ1) is 14.4. The van der Waals surface area contributed by atoms with Gasteiger partial charge in [-0.25, -0.2) is 4.79 Å². The Morgan fingerprint density at radius 1 is 1.40 bits per heavy atom. The average molecular weight is 316 g/mol. The maximum atomic E-state index is 12.1.